The van der Waals surface area contributed by atoms with Crippen LogP contribution >= 0.6 is 15.9 Å². The van der Waals surface area contributed by atoms with E-state index in [1.807, 2.05) is 13.8 Å². The Kier molecular flexibility index (Phi) is 3.26. The largest absolute Gasteiger partial charge is 0.350 e. The maximum atomic E-state index is 12.8. The normalized spacial score (nSPS) is 11.1. The Morgan fingerprint density at radius 1 is 1.50 bits per heavy atom. The lowest BCUT2D eigenvalue weighted by Crippen LogP contribution is -2.35. The van der Waals surface area contributed by atoms with Crippen molar-refractivity contribution < 1.29 is 9.18 Å². The number of hydrogen-bond donors (Lipinski definition) is 1. The minimum Gasteiger partial charge on any atom is -0.350 e. The van der Waals surface area contributed by atoms with E-state index in [2.05, 4.69) is 21.2 Å². The van der Waals surface area contributed by atoms with E-state index in [1.54, 1.807) is 6.07 Å². The van der Waals surface area contributed by atoms with Crippen LogP contribution < -0.4 is 5.32 Å². The Labute approximate surface area is 90.6 Å². The Morgan fingerprint density at radius 2 is 2.14 bits per heavy atom. The average molecular weight is 260 g/mol. The third-order valence-corrected chi connectivity index (χ3v) is 2.68. The van der Waals surface area contributed by atoms with Crippen molar-refractivity contribution in [2.75, 3.05) is 0 Å². The van der Waals surface area contributed by atoms with E-state index in [0.717, 1.165) is 5.56 Å². The van der Waals surface area contributed by atoms with Gasteiger partial charge in [-0.15, -0.1) is 0 Å². The van der Waals surface area contributed by atoms with E-state index < -0.39 is 5.54 Å². The molecule has 76 valence electrons. The molecule has 0 atom stereocenters. The fraction of sp³-hybridized carbons (Fsp3) is 0.300. The first kappa shape index (κ1) is 11.2. The molecule has 0 unspecified atom stereocenters. The fourth-order valence-electron chi connectivity index (χ4n) is 1.22. The van der Waals surface area contributed by atoms with Crippen LogP contribution in [-0.2, 0) is 10.3 Å². The summed E-state index contributed by atoms with van der Waals surface area (Å²) < 4.78 is 13.5. The summed E-state index contributed by atoms with van der Waals surface area (Å²) in [6.45, 7) is 3.69. The molecule has 1 N–H and O–H groups in total. The second kappa shape index (κ2) is 4.09. The first-order chi connectivity index (χ1) is 6.47. The summed E-state index contributed by atoms with van der Waals surface area (Å²) in [6, 6.07) is 4.40. The highest BCUT2D eigenvalue weighted by atomic mass is 79.9. The highest BCUT2D eigenvalue weighted by molar-refractivity contribution is 9.10. The maximum Gasteiger partial charge on any atom is 0.207 e. The summed E-state index contributed by atoms with van der Waals surface area (Å²) in [7, 11) is 0. The number of benzene rings is 1. The number of carbonyl (C=O) groups excluding carboxylic acids is 1. The molecule has 4 heteroatoms. The molecule has 1 aromatic carbocycles. The lowest BCUT2D eigenvalue weighted by molar-refractivity contribution is -0.111. The molecule has 0 saturated carbocycles. The average Bonchev–Trinajstić information content (AvgIpc) is 2.02. The van der Waals surface area contributed by atoms with Gasteiger partial charge in [0.1, 0.15) is 5.82 Å². The topological polar surface area (TPSA) is 29.1 Å². The third kappa shape index (κ3) is 2.32. The van der Waals surface area contributed by atoms with Crippen molar-refractivity contribution >= 4 is 22.3 Å². The van der Waals surface area contributed by atoms with Crippen molar-refractivity contribution in [1.82, 2.24) is 5.32 Å². The second-order valence-corrected chi connectivity index (χ2v) is 4.37. The van der Waals surface area contributed by atoms with Crippen molar-refractivity contribution in [3.05, 3.63) is 34.1 Å². The Morgan fingerprint density at radius 3 is 2.64 bits per heavy atom. The van der Waals surface area contributed by atoms with Gasteiger partial charge in [0.05, 0.1) is 5.54 Å². The third-order valence-electron chi connectivity index (χ3n) is 2.02. The first-order valence-electron chi connectivity index (χ1n) is 4.14. The van der Waals surface area contributed by atoms with Crippen molar-refractivity contribution in [3.8, 4) is 0 Å². The van der Waals surface area contributed by atoms with Crippen LogP contribution in [0.3, 0.4) is 0 Å². The van der Waals surface area contributed by atoms with Crippen LogP contribution in [0.15, 0.2) is 22.7 Å². The van der Waals surface area contributed by atoms with Gasteiger partial charge in [0.2, 0.25) is 6.41 Å². The van der Waals surface area contributed by atoms with E-state index in [1.165, 1.54) is 12.1 Å². The van der Waals surface area contributed by atoms with Gasteiger partial charge in [0.25, 0.3) is 0 Å². The zero-order chi connectivity index (χ0) is 10.8. The van der Waals surface area contributed by atoms with Gasteiger partial charge < -0.3 is 5.32 Å². The van der Waals surface area contributed by atoms with Gasteiger partial charge in [-0.05, 0) is 31.5 Å². The van der Waals surface area contributed by atoms with Crippen LogP contribution in [0.25, 0.3) is 0 Å². The predicted molar refractivity (Wildman–Crippen MR) is 56.3 cm³/mol. The van der Waals surface area contributed by atoms with Gasteiger partial charge in [0, 0.05) is 4.47 Å². The number of halogens is 2. The molecule has 2 nitrogen and oxygen atoms in total. The van der Waals surface area contributed by atoms with Crippen LogP contribution in [0.1, 0.15) is 19.4 Å². The molecule has 1 amide bonds. The molecule has 0 aliphatic heterocycles. The zero-order valence-corrected chi connectivity index (χ0v) is 9.56. The van der Waals surface area contributed by atoms with E-state index in [-0.39, 0.29) is 5.82 Å². The first-order valence-corrected chi connectivity index (χ1v) is 4.93. The summed E-state index contributed by atoms with van der Waals surface area (Å²) in [6.07, 6.45) is 0.635. The van der Waals surface area contributed by atoms with Gasteiger partial charge in [-0.25, -0.2) is 4.39 Å². The van der Waals surface area contributed by atoms with E-state index in [4.69, 9.17) is 0 Å². The van der Waals surface area contributed by atoms with Gasteiger partial charge in [-0.2, -0.15) is 0 Å². The van der Waals surface area contributed by atoms with E-state index in [9.17, 15) is 9.18 Å². The molecule has 0 saturated heterocycles. The van der Waals surface area contributed by atoms with Gasteiger partial charge in [-0.3, -0.25) is 4.79 Å². The molecule has 0 heterocycles. The minimum atomic E-state index is -0.506. The van der Waals surface area contributed by atoms with Gasteiger partial charge in [-0.1, -0.05) is 22.0 Å². The molecule has 1 aromatic rings. The molecule has 0 radical (unpaired) electrons. The summed E-state index contributed by atoms with van der Waals surface area (Å²) in [5, 5.41) is 2.67. The van der Waals surface area contributed by atoms with Crippen LogP contribution in [-0.4, -0.2) is 6.41 Å². The molecule has 0 bridgehead atoms. The number of amides is 1. The molecule has 0 aromatic heterocycles. The second-order valence-electron chi connectivity index (χ2n) is 3.51. The van der Waals surface area contributed by atoms with Crippen molar-refractivity contribution in [2.45, 2.75) is 19.4 Å². The molecule has 0 fully saturated rings. The van der Waals surface area contributed by atoms with Gasteiger partial charge >= 0.3 is 0 Å². The highest BCUT2D eigenvalue weighted by Gasteiger charge is 2.21. The van der Waals surface area contributed by atoms with E-state index in [0.29, 0.717) is 10.9 Å². The number of nitrogens with one attached hydrogen (secondary N) is 1. The maximum absolute atomic E-state index is 12.8. The van der Waals surface area contributed by atoms with Crippen molar-refractivity contribution in [2.24, 2.45) is 0 Å². The lowest BCUT2D eigenvalue weighted by atomic mass is 9.95. The Balaban J connectivity index is 3.12. The molecule has 1 rings (SSSR count). The lowest BCUT2D eigenvalue weighted by Gasteiger charge is -2.25. The molecule has 0 aliphatic carbocycles. The summed E-state index contributed by atoms with van der Waals surface area (Å²) in [4.78, 5) is 10.4. The molecule has 0 spiro atoms. The monoisotopic (exact) mass is 259 g/mol. The number of hydrogen-bond acceptors (Lipinski definition) is 1. The van der Waals surface area contributed by atoms with Crippen molar-refractivity contribution in [1.29, 1.82) is 0 Å². The van der Waals surface area contributed by atoms with Crippen molar-refractivity contribution in [3.63, 3.8) is 0 Å². The predicted octanol–water partition coefficient (Wildman–Crippen LogP) is 2.57. The molecule has 14 heavy (non-hydrogen) atoms. The molecule has 0 aliphatic rings. The fourth-order valence-corrected chi connectivity index (χ4v) is 2.07. The van der Waals surface area contributed by atoms with E-state index >= 15 is 0 Å². The number of rotatable bonds is 3. The van der Waals surface area contributed by atoms with Crippen LogP contribution in [0, 0.1) is 5.82 Å². The highest BCUT2D eigenvalue weighted by Crippen LogP contribution is 2.28. The van der Waals surface area contributed by atoms with Crippen LogP contribution in [0.5, 0.6) is 0 Å². The standard InChI is InChI=1S/C10H11BrFNO/c1-10(2,13-6-14)8-4-3-7(12)5-9(8)11/h3-6H,1-2H3,(H,13,14). The quantitative estimate of drug-likeness (QED) is 0.831. The van der Waals surface area contributed by atoms with Gasteiger partial charge in [0.15, 0.2) is 0 Å². The zero-order valence-electron chi connectivity index (χ0n) is 7.97. The molecular formula is C10H11BrFNO. The smallest absolute Gasteiger partial charge is 0.207 e. The summed E-state index contributed by atoms with van der Waals surface area (Å²) in [5.41, 5.74) is 0.333. The summed E-state index contributed by atoms with van der Waals surface area (Å²) >= 11 is 3.26. The molecular weight excluding hydrogens is 249 g/mol. The van der Waals surface area contributed by atoms with Crippen LogP contribution in [0.4, 0.5) is 4.39 Å². The minimum absolute atomic E-state index is 0.303. The SMILES string of the molecule is CC(C)(NC=O)c1ccc(F)cc1Br. The Bertz CT molecular complexity index is 352. The Hall–Kier alpha value is -0.900. The summed E-state index contributed by atoms with van der Waals surface area (Å²) in [5.74, 6) is -0.303. The number of carbonyl (C=O) groups is 1. The van der Waals surface area contributed by atoms with Crippen LogP contribution in [0.2, 0.25) is 0 Å².